The minimum absolute atomic E-state index is 0.0128. The summed E-state index contributed by atoms with van der Waals surface area (Å²) < 4.78 is 5.63. The minimum Gasteiger partial charge on any atom is -0.480 e. The quantitative estimate of drug-likeness (QED) is 0.383. The number of ether oxygens (including phenoxy) is 1. The van der Waals surface area contributed by atoms with Crippen LogP contribution < -0.4 is 15.0 Å². The Bertz CT molecular complexity index is 1310. The van der Waals surface area contributed by atoms with Crippen molar-refractivity contribution in [2.75, 3.05) is 11.5 Å². The van der Waals surface area contributed by atoms with E-state index < -0.39 is 17.8 Å². The summed E-state index contributed by atoms with van der Waals surface area (Å²) in [6, 6.07) is 16.5. The number of hydrogen-bond acceptors (Lipinski definition) is 4. The number of carbonyl (C=O) groups is 3. The summed E-state index contributed by atoms with van der Waals surface area (Å²) in [6.07, 6.45) is 6.72. The Morgan fingerprint density at radius 2 is 1.77 bits per heavy atom. The largest absolute Gasteiger partial charge is 0.480 e. The Hall–Kier alpha value is -4.08. The van der Waals surface area contributed by atoms with Gasteiger partial charge >= 0.3 is 6.03 Å². The highest BCUT2D eigenvalue weighted by molar-refractivity contribution is 6.42. The fourth-order valence-corrected chi connectivity index (χ4v) is 3.54. The second-order valence-corrected chi connectivity index (χ2v) is 7.01. The Labute approximate surface area is 183 Å². The molecule has 1 aliphatic rings. The number of carbonyl (C=O) groups excluding carboxylic acids is 3. The maximum absolute atomic E-state index is 13.2. The third-order valence-corrected chi connectivity index (χ3v) is 5.05. The molecule has 31 heavy (non-hydrogen) atoms. The van der Waals surface area contributed by atoms with Gasteiger partial charge in [0.1, 0.15) is 17.9 Å². The van der Waals surface area contributed by atoms with Crippen molar-refractivity contribution in [2.24, 2.45) is 0 Å². The molecule has 0 spiro atoms. The third kappa shape index (κ3) is 3.75. The van der Waals surface area contributed by atoms with Crippen molar-refractivity contribution < 1.29 is 19.1 Å². The Morgan fingerprint density at radius 3 is 2.55 bits per heavy atom. The number of rotatable bonds is 4. The van der Waals surface area contributed by atoms with Crippen molar-refractivity contribution in [3.8, 4) is 18.1 Å². The molecule has 7 heteroatoms. The summed E-state index contributed by atoms with van der Waals surface area (Å²) in [5.74, 6) is 1.20. The molecule has 1 heterocycles. The van der Waals surface area contributed by atoms with Gasteiger partial charge in [-0.25, -0.2) is 9.69 Å². The van der Waals surface area contributed by atoms with Crippen molar-refractivity contribution in [3.05, 3.63) is 76.8 Å². The zero-order valence-corrected chi connectivity index (χ0v) is 16.8. The highest BCUT2D eigenvalue weighted by atomic mass is 35.5. The molecule has 152 valence electrons. The van der Waals surface area contributed by atoms with Gasteiger partial charge < -0.3 is 4.74 Å². The monoisotopic (exact) mass is 430 g/mol. The van der Waals surface area contributed by atoms with Crippen molar-refractivity contribution >= 4 is 52.0 Å². The summed E-state index contributed by atoms with van der Waals surface area (Å²) >= 11 is 6.18. The summed E-state index contributed by atoms with van der Waals surface area (Å²) in [5, 5.41) is 4.03. The van der Waals surface area contributed by atoms with Crippen LogP contribution in [0, 0.1) is 12.3 Å². The number of nitrogens with one attached hydrogen (secondary N) is 1. The van der Waals surface area contributed by atoms with Crippen LogP contribution in [0.2, 0.25) is 5.02 Å². The lowest BCUT2D eigenvalue weighted by atomic mass is 9.99. The number of fused-ring (bicyclic) bond motifs is 1. The van der Waals surface area contributed by atoms with Gasteiger partial charge in [-0.2, -0.15) is 0 Å². The van der Waals surface area contributed by atoms with Crippen LogP contribution in [0.3, 0.4) is 0 Å². The van der Waals surface area contributed by atoms with Gasteiger partial charge in [-0.3, -0.25) is 14.9 Å². The molecule has 0 radical (unpaired) electrons. The molecule has 1 N–H and O–H groups in total. The van der Waals surface area contributed by atoms with Gasteiger partial charge in [0.2, 0.25) is 0 Å². The van der Waals surface area contributed by atoms with Crippen molar-refractivity contribution in [3.63, 3.8) is 0 Å². The summed E-state index contributed by atoms with van der Waals surface area (Å²) in [6.45, 7) is 0.0128. The SMILES string of the molecule is C#CCOc1ccc2ccccc2c1/C=C1\C(=O)NC(=O)N(c2ccccc2Cl)C1=O. The number of barbiturate groups is 1. The molecule has 0 atom stereocenters. The lowest BCUT2D eigenvalue weighted by Crippen LogP contribution is -2.54. The highest BCUT2D eigenvalue weighted by Gasteiger charge is 2.37. The number of nitrogens with zero attached hydrogens (tertiary/aromatic N) is 1. The molecule has 1 saturated heterocycles. The van der Waals surface area contributed by atoms with Crippen molar-refractivity contribution in [1.82, 2.24) is 5.32 Å². The third-order valence-electron chi connectivity index (χ3n) is 4.73. The number of benzene rings is 3. The first-order chi connectivity index (χ1) is 15.0. The minimum atomic E-state index is -0.873. The van der Waals surface area contributed by atoms with Gasteiger partial charge in [-0.15, -0.1) is 6.42 Å². The van der Waals surface area contributed by atoms with E-state index >= 15 is 0 Å². The fourth-order valence-electron chi connectivity index (χ4n) is 3.32. The van der Waals surface area contributed by atoms with Gasteiger partial charge in [0.25, 0.3) is 11.8 Å². The van der Waals surface area contributed by atoms with E-state index in [9.17, 15) is 14.4 Å². The van der Waals surface area contributed by atoms with E-state index in [0.717, 1.165) is 15.7 Å². The topological polar surface area (TPSA) is 75.7 Å². The fraction of sp³-hybridized carbons (Fsp3) is 0.0417. The van der Waals surface area contributed by atoms with E-state index in [-0.39, 0.29) is 22.9 Å². The maximum atomic E-state index is 13.2. The molecule has 1 fully saturated rings. The van der Waals surface area contributed by atoms with E-state index in [1.807, 2.05) is 30.3 Å². The van der Waals surface area contributed by atoms with Crippen molar-refractivity contribution in [1.29, 1.82) is 0 Å². The molecule has 0 aromatic heterocycles. The molecule has 0 bridgehead atoms. The lowest BCUT2D eigenvalue weighted by Gasteiger charge is -2.27. The van der Waals surface area contributed by atoms with Gasteiger partial charge in [-0.1, -0.05) is 60.0 Å². The van der Waals surface area contributed by atoms with Crippen molar-refractivity contribution in [2.45, 2.75) is 0 Å². The first kappa shape index (κ1) is 20.2. The number of halogens is 1. The lowest BCUT2D eigenvalue weighted by molar-refractivity contribution is -0.122. The van der Waals surface area contributed by atoms with Crippen LogP contribution in [0.5, 0.6) is 5.75 Å². The van der Waals surface area contributed by atoms with Gasteiger partial charge in [-0.05, 0) is 35.0 Å². The van der Waals surface area contributed by atoms with Crippen LogP contribution in [0.15, 0.2) is 66.2 Å². The van der Waals surface area contributed by atoms with Gasteiger partial charge in [0, 0.05) is 5.56 Å². The number of imide groups is 2. The van der Waals surface area contributed by atoms with E-state index in [0.29, 0.717) is 11.3 Å². The molecule has 0 saturated carbocycles. The first-order valence-electron chi connectivity index (χ1n) is 9.25. The Kier molecular flexibility index (Phi) is 5.44. The Balaban J connectivity index is 1.88. The zero-order valence-electron chi connectivity index (χ0n) is 16.1. The number of para-hydroxylation sites is 1. The summed E-state index contributed by atoms with van der Waals surface area (Å²) in [5.41, 5.74) is 0.438. The standard InChI is InChI=1S/C24H15ClN2O4/c1-2-13-31-21-12-11-15-7-3-4-8-16(15)17(21)14-18-22(28)26-24(30)27(23(18)29)20-10-6-5-9-19(20)25/h1,3-12,14H,13H2,(H,26,28,30)/b18-14+. The molecule has 6 nitrogen and oxygen atoms in total. The van der Waals surface area contributed by atoms with Crippen LogP contribution in [0.25, 0.3) is 16.8 Å². The highest BCUT2D eigenvalue weighted by Crippen LogP contribution is 2.33. The van der Waals surface area contributed by atoms with Crippen LogP contribution in [-0.2, 0) is 9.59 Å². The van der Waals surface area contributed by atoms with Crippen LogP contribution >= 0.6 is 11.6 Å². The van der Waals surface area contributed by atoms with Crippen LogP contribution in [0.4, 0.5) is 10.5 Å². The summed E-state index contributed by atoms with van der Waals surface area (Å²) in [7, 11) is 0. The van der Waals surface area contributed by atoms with E-state index in [4.69, 9.17) is 22.8 Å². The molecule has 1 aliphatic heterocycles. The van der Waals surface area contributed by atoms with E-state index in [1.54, 1.807) is 24.3 Å². The Morgan fingerprint density at radius 1 is 1.03 bits per heavy atom. The van der Waals surface area contributed by atoms with Gasteiger partial charge in [0.15, 0.2) is 0 Å². The number of amides is 4. The number of urea groups is 1. The predicted octanol–water partition coefficient (Wildman–Crippen LogP) is 4.17. The second-order valence-electron chi connectivity index (χ2n) is 6.60. The molecule has 4 rings (SSSR count). The van der Waals surface area contributed by atoms with E-state index in [2.05, 4.69) is 11.2 Å². The maximum Gasteiger partial charge on any atom is 0.335 e. The molecular weight excluding hydrogens is 416 g/mol. The number of terminal acetylenes is 1. The molecular formula is C24H15ClN2O4. The average molecular weight is 431 g/mol. The molecule has 4 amide bonds. The average Bonchev–Trinajstić information content (AvgIpc) is 2.76. The normalized spacial score (nSPS) is 15.2. The second kappa shape index (κ2) is 8.34. The molecule has 0 unspecified atom stereocenters. The first-order valence-corrected chi connectivity index (χ1v) is 9.63. The van der Waals surface area contributed by atoms with E-state index in [1.165, 1.54) is 12.1 Å². The number of hydrogen-bond donors (Lipinski definition) is 1. The zero-order chi connectivity index (χ0) is 22.0. The van der Waals surface area contributed by atoms with Gasteiger partial charge in [0.05, 0.1) is 10.7 Å². The smallest absolute Gasteiger partial charge is 0.335 e. The van der Waals surface area contributed by atoms with Crippen LogP contribution in [-0.4, -0.2) is 24.5 Å². The molecule has 3 aromatic rings. The molecule has 3 aromatic carbocycles. The number of anilines is 1. The molecule has 0 aliphatic carbocycles. The predicted molar refractivity (Wildman–Crippen MR) is 119 cm³/mol. The van der Waals surface area contributed by atoms with Crippen LogP contribution in [0.1, 0.15) is 5.56 Å². The summed E-state index contributed by atoms with van der Waals surface area (Å²) in [4.78, 5) is 39.1.